The topological polar surface area (TPSA) is 65.1 Å². The Morgan fingerprint density at radius 3 is 2.47 bits per heavy atom. The number of rotatable bonds is 7. The highest BCUT2D eigenvalue weighted by molar-refractivity contribution is 5.97. The third-order valence-corrected chi connectivity index (χ3v) is 5.91. The van der Waals surface area contributed by atoms with Gasteiger partial charge in [0.15, 0.2) is 0 Å². The number of nitrogens with one attached hydrogen (secondary N) is 1. The maximum atomic E-state index is 13.1. The number of fused-ring (bicyclic) bond motifs is 1. The van der Waals surface area contributed by atoms with Crippen LogP contribution in [0.25, 0.3) is 0 Å². The molecule has 2 aliphatic heterocycles. The Morgan fingerprint density at radius 1 is 0.938 bits per heavy atom. The van der Waals surface area contributed by atoms with E-state index in [1.165, 1.54) is 12.1 Å². The number of para-hydroxylation sites is 2. The maximum absolute atomic E-state index is 13.1. The van der Waals surface area contributed by atoms with E-state index in [4.69, 9.17) is 4.74 Å². The Morgan fingerprint density at radius 2 is 1.69 bits per heavy atom. The molecule has 0 saturated carbocycles. The third-order valence-electron chi connectivity index (χ3n) is 5.91. The molecule has 8 heteroatoms. The second-order valence-corrected chi connectivity index (χ2v) is 8.02. The molecule has 0 aliphatic carbocycles. The largest absolute Gasteiger partial charge is 0.490 e. The van der Waals surface area contributed by atoms with Crippen LogP contribution in [-0.2, 0) is 9.59 Å². The van der Waals surface area contributed by atoms with Gasteiger partial charge in [-0.2, -0.15) is 0 Å². The summed E-state index contributed by atoms with van der Waals surface area (Å²) in [7, 11) is 0. The van der Waals surface area contributed by atoms with E-state index in [0.29, 0.717) is 25.4 Å². The first-order chi connectivity index (χ1) is 15.6. The summed E-state index contributed by atoms with van der Waals surface area (Å²) in [6.45, 7) is 5.82. The smallest absolute Gasteiger partial charge is 0.227 e. The fourth-order valence-electron chi connectivity index (χ4n) is 4.11. The lowest BCUT2D eigenvalue weighted by atomic mass is 10.2. The van der Waals surface area contributed by atoms with Crippen LogP contribution in [0.1, 0.15) is 12.8 Å². The van der Waals surface area contributed by atoms with Gasteiger partial charge in [-0.25, -0.2) is 4.39 Å². The summed E-state index contributed by atoms with van der Waals surface area (Å²) in [5, 5.41) is 2.93. The molecule has 2 amide bonds. The van der Waals surface area contributed by atoms with Gasteiger partial charge in [-0.1, -0.05) is 12.1 Å². The number of halogens is 1. The van der Waals surface area contributed by atoms with Crippen LogP contribution in [0.2, 0.25) is 0 Å². The van der Waals surface area contributed by atoms with E-state index < -0.39 is 0 Å². The van der Waals surface area contributed by atoms with E-state index in [2.05, 4.69) is 15.1 Å². The molecule has 4 rings (SSSR count). The molecule has 1 fully saturated rings. The molecule has 32 heavy (non-hydrogen) atoms. The van der Waals surface area contributed by atoms with Crippen LogP contribution in [-0.4, -0.2) is 69.1 Å². The molecule has 0 bridgehead atoms. The normalized spacial score (nSPS) is 16.3. The summed E-state index contributed by atoms with van der Waals surface area (Å²) in [5.41, 5.74) is 1.80. The summed E-state index contributed by atoms with van der Waals surface area (Å²) in [6.07, 6.45) is 0.354. The molecule has 0 atom stereocenters. The highest BCUT2D eigenvalue weighted by Gasteiger charge is 2.23. The Balaban J connectivity index is 1.14. The van der Waals surface area contributed by atoms with Gasteiger partial charge in [0.1, 0.15) is 18.2 Å². The highest BCUT2D eigenvalue weighted by atomic mass is 19.1. The number of hydrogen-bond donors (Lipinski definition) is 1. The van der Waals surface area contributed by atoms with E-state index in [-0.39, 0.29) is 30.5 Å². The predicted octanol–water partition coefficient (Wildman–Crippen LogP) is 2.27. The van der Waals surface area contributed by atoms with Crippen molar-refractivity contribution in [3.05, 3.63) is 54.3 Å². The van der Waals surface area contributed by atoms with Gasteiger partial charge in [0, 0.05) is 57.8 Å². The Hall–Kier alpha value is -3.13. The van der Waals surface area contributed by atoms with Crippen molar-refractivity contribution in [1.82, 2.24) is 10.2 Å². The Bertz CT molecular complexity index is 929. The van der Waals surface area contributed by atoms with Gasteiger partial charge in [0.05, 0.1) is 12.2 Å². The summed E-state index contributed by atoms with van der Waals surface area (Å²) in [5.74, 6) is 0.313. The van der Waals surface area contributed by atoms with Gasteiger partial charge in [-0.05, 0) is 36.4 Å². The van der Waals surface area contributed by atoms with Gasteiger partial charge in [-0.3, -0.25) is 14.5 Å². The predicted molar refractivity (Wildman–Crippen MR) is 122 cm³/mol. The van der Waals surface area contributed by atoms with Crippen LogP contribution in [0.15, 0.2) is 48.5 Å². The Kier molecular flexibility index (Phi) is 7.21. The highest BCUT2D eigenvalue weighted by Crippen LogP contribution is 2.31. The lowest BCUT2D eigenvalue weighted by molar-refractivity contribution is -0.125. The second-order valence-electron chi connectivity index (χ2n) is 8.02. The van der Waals surface area contributed by atoms with Crippen LogP contribution in [0, 0.1) is 5.82 Å². The van der Waals surface area contributed by atoms with Gasteiger partial charge in [-0.15, -0.1) is 0 Å². The monoisotopic (exact) mass is 440 g/mol. The molecule has 0 unspecified atom stereocenters. The Labute approximate surface area is 187 Å². The summed E-state index contributed by atoms with van der Waals surface area (Å²) >= 11 is 0. The molecule has 2 heterocycles. The van der Waals surface area contributed by atoms with Gasteiger partial charge >= 0.3 is 0 Å². The van der Waals surface area contributed by atoms with Crippen molar-refractivity contribution in [1.29, 1.82) is 0 Å². The maximum Gasteiger partial charge on any atom is 0.227 e. The van der Waals surface area contributed by atoms with Crippen molar-refractivity contribution in [2.45, 2.75) is 12.8 Å². The lowest BCUT2D eigenvalue weighted by Crippen LogP contribution is -2.48. The van der Waals surface area contributed by atoms with Crippen molar-refractivity contribution in [3.8, 4) is 5.75 Å². The van der Waals surface area contributed by atoms with Gasteiger partial charge in [0.25, 0.3) is 0 Å². The summed E-state index contributed by atoms with van der Waals surface area (Å²) in [6, 6.07) is 14.1. The number of anilines is 2. The van der Waals surface area contributed by atoms with E-state index in [0.717, 1.165) is 44.1 Å². The number of piperazine rings is 1. The average molecular weight is 441 g/mol. The van der Waals surface area contributed by atoms with Crippen LogP contribution in [0.5, 0.6) is 5.75 Å². The number of amides is 2. The third kappa shape index (κ3) is 5.56. The first-order valence-electron chi connectivity index (χ1n) is 11.1. The van der Waals surface area contributed by atoms with Gasteiger partial charge < -0.3 is 19.9 Å². The molecule has 7 nitrogen and oxygen atoms in total. The second kappa shape index (κ2) is 10.5. The van der Waals surface area contributed by atoms with Crippen molar-refractivity contribution in [3.63, 3.8) is 0 Å². The van der Waals surface area contributed by atoms with E-state index in [1.54, 1.807) is 4.90 Å². The number of carbonyl (C=O) groups is 2. The molecule has 1 N–H and O–H groups in total. The zero-order chi connectivity index (χ0) is 22.3. The van der Waals surface area contributed by atoms with Gasteiger partial charge in [0.2, 0.25) is 11.8 Å². The van der Waals surface area contributed by atoms with Crippen LogP contribution in [0.4, 0.5) is 15.8 Å². The fraction of sp³-hybridized carbons (Fsp3) is 0.417. The molecule has 2 aromatic carbocycles. The first-order valence-corrected chi connectivity index (χ1v) is 11.1. The number of benzene rings is 2. The zero-order valence-electron chi connectivity index (χ0n) is 18.1. The van der Waals surface area contributed by atoms with Crippen molar-refractivity contribution in [2.24, 2.45) is 0 Å². The SMILES string of the molecule is O=C(CCC(=O)N1CCOc2ccccc21)NCCN1CCN(c2ccc(F)cc2)CC1. The quantitative estimate of drug-likeness (QED) is 0.716. The minimum atomic E-state index is -0.223. The zero-order valence-corrected chi connectivity index (χ0v) is 18.1. The summed E-state index contributed by atoms with van der Waals surface area (Å²) in [4.78, 5) is 31.1. The number of ether oxygens (including phenoxy) is 1. The molecular formula is C24H29FN4O3. The van der Waals surface area contributed by atoms with Crippen molar-refractivity contribution >= 4 is 23.2 Å². The molecule has 0 aromatic heterocycles. The van der Waals surface area contributed by atoms with Crippen molar-refractivity contribution in [2.75, 3.05) is 62.2 Å². The molecule has 170 valence electrons. The van der Waals surface area contributed by atoms with E-state index in [1.807, 2.05) is 36.4 Å². The summed E-state index contributed by atoms with van der Waals surface area (Å²) < 4.78 is 18.7. The fourth-order valence-corrected chi connectivity index (χ4v) is 4.11. The minimum absolute atomic E-state index is 0.0622. The molecule has 0 spiro atoms. The number of carbonyl (C=O) groups excluding carboxylic acids is 2. The standard InChI is InChI=1S/C24H29FN4O3/c25-19-5-7-20(8-6-19)28-15-13-27(14-16-28)12-11-26-23(30)9-10-24(31)29-17-18-32-22-4-2-1-3-21(22)29/h1-8H,9-18H2,(H,26,30). The number of nitrogens with zero attached hydrogens (tertiary/aromatic N) is 3. The first kappa shape index (κ1) is 22.1. The molecule has 0 radical (unpaired) electrons. The van der Waals surface area contributed by atoms with Crippen molar-refractivity contribution < 1.29 is 18.7 Å². The molecular weight excluding hydrogens is 411 g/mol. The van der Waals surface area contributed by atoms with E-state index >= 15 is 0 Å². The molecule has 2 aliphatic rings. The van der Waals surface area contributed by atoms with E-state index in [9.17, 15) is 14.0 Å². The number of hydrogen-bond acceptors (Lipinski definition) is 5. The van der Waals surface area contributed by atoms with Crippen LogP contribution >= 0.6 is 0 Å². The van der Waals surface area contributed by atoms with Crippen LogP contribution < -0.4 is 19.9 Å². The van der Waals surface area contributed by atoms with Crippen LogP contribution in [0.3, 0.4) is 0 Å². The molecule has 2 aromatic rings. The molecule has 1 saturated heterocycles. The lowest BCUT2D eigenvalue weighted by Gasteiger charge is -2.36. The minimum Gasteiger partial charge on any atom is -0.490 e. The average Bonchev–Trinajstić information content (AvgIpc) is 2.83.